The van der Waals surface area contributed by atoms with Crippen LogP contribution in [0.4, 0.5) is 0 Å². The third-order valence-electron chi connectivity index (χ3n) is 4.34. The maximum absolute atomic E-state index is 11.2. The lowest BCUT2D eigenvalue weighted by Gasteiger charge is -2.13. The van der Waals surface area contributed by atoms with Gasteiger partial charge in [-0.1, -0.05) is 23.7 Å². The molecule has 0 saturated carbocycles. The first-order valence-corrected chi connectivity index (χ1v) is 11.1. The molecule has 0 bridgehead atoms. The van der Waals surface area contributed by atoms with Crippen LogP contribution < -0.4 is 19.5 Å². The van der Waals surface area contributed by atoms with Gasteiger partial charge in [0.15, 0.2) is 0 Å². The van der Waals surface area contributed by atoms with Crippen LogP contribution in [0.5, 0.6) is 33.4 Å². The summed E-state index contributed by atoms with van der Waals surface area (Å²) in [5.41, 5.74) is 0.979. The number of nitrogens with zero attached hydrogens (tertiary/aromatic N) is 3. The van der Waals surface area contributed by atoms with Gasteiger partial charge in [0.05, 0.1) is 23.5 Å². The lowest BCUT2D eigenvalue weighted by Crippen LogP contribution is -2.23. The van der Waals surface area contributed by atoms with E-state index in [1.54, 1.807) is 30.6 Å². The maximum atomic E-state index is 11.2. The first-order valence-electron chi connectivity index (χ1n) is 9.88. The fraction of sp³-hybridized carbons (Fsp3) is 0.130. The van der Waals surface area contributed by atoms with E-state index in [2.05, 4.69) is 20.3 Å². The van der Waals surface area contributed by atoms with Gasteiger partial charge in [-0.15, -0.1) is 0 Å². The summed E-state index contributed by atoms with van der Waals surface area (Å²) in [6, 6.07) is 12.4. The Morgan fingerprint density at radius 1 is 1.00 bits per heavy atom. The molecule has 4 rings (SSSR count). The van der Waals surface area contributed by atoms with Crippen molar-refractivity contribution in [3.63, 3.8) is 0 Å². The van der Waals surface area contributed by atoms with Gasteiger partial charge >= 0.3 is 0 Å². The van der Waals surface area contributed by atoms with Gasteiger partial charge in [0.2, 0.25) is 16.9 Å². The average Bonchev–Trinajstić information content (AvgIpc) is 3.23. The van der Waals surface area contributed by atoms with Crippen LogP contribution in [0.2, 0.25) is 5.02 Å². The second kappa shape index (κ2) is 10.3. The van der Waals surface area contributed by atoms with Gasteiger partial charge < -0.3 is 19.5 Å². The van der Waals surface area contributed by atoms with Crippen molar-refractivity contribution in [3.8, 4) is 33.4 Å². The van der Waals surface area contributed by atoms with E-state index in [-0.39, 0.29) is 11.9 Å². The molecule has 8 nitrogen and oxygen atoms in total. The monoisotopic (exact) mass is 482 g/mol. The van der Waals surface area contributed by atoms with E-state index >= 15 is 0 Å². The van der Waals surface area contributed by atoms with Crippen LogP contribution in [-0.2, 0) is 4.79 Å². The summed E-state index contributed by atoms with van der Waals surface area (Å²) in [4.78, 5) is 23.5. The molecule has 0 spiro atoms. The summed E-state index contributed by atoms with van der Waals surface area (Å²) in [6.07, 6.45) is 6.18. The van der Waals surface area contributed by atoms with Gasteiger partial charge in [0.1, 0.15) is 17.2 Å². The van der Waals surface area contributed by atoms with Crippen LogP contribution in [0.1, 0.15) is 25.5 Å². The normalized spacial score (nSPS) is 11.5. The quantitative estimate of drug-likeness (QED) is 0.321. The van der Waals surface area contributed by atoms with Crippen molar-refractivity contribution < 1.29 is 19.0 Å². The molecule has 1 atom stereocenters. The minimum Gasteiger partial charge on any atom is -0.445 e. The number of carbonyl (C=O) groups is 1. The zero-order valence-corrected chi connectivity index (χ0v) is 19.3. The van der Waals surface area contributed by atoms with Crippen molar-refractivity contribution in [1.29, 1.82) is 0 Å². The highest BCUT2D eigenvalue weighted by molar-refractivity contribution is 7.15. The number of amides is 1. The number of hydrogen-bond acceptors (Lipinski definition) is 8. The van der Waals surface area contributed by atoms with Crippen LogP contribution in [0, 0.1) is 0 Å². The van der Waals surface area contributed by atoms with Crippen LogP contribution in [0.15, 0.2) is 67.3 Å². The molecule has 1 amide bonds. The Morgan fingerprint density at radius 2 is 1.79 bits per heavy atom. The molecule has 10 heteroatoms. The second-order valence-electron chi connectivity index (χ2n) is 6.88. The van der Waals surface area contributed by atoms with Crippen LogP contribution in [0.3, 0.4) is 0 Å². The first-order chi connectivity index (χ1) is 16.0. The summed E-state index contributed by atoms with van der Waals surface area (Å²) in [5, 5.41) is 4.15. The van der Waals surface area contributed by atoms with Gasteiger partial charge in [0, 0.05) is 25.4 Å². The highest BCUT2D eigenvalue weighted by atomic mass is 35.5. The fourth-order valence-corrected chi connectivity index (χ4v) is 3.71. The number of rotatable bonds is 8. The molecule has 1 unspecified atom stereocenters. The third-order valence-corrected chi connectivity index (χ3v) is 5.39. The Hall–Kier alpha value is -3.69. The van der Waals surface area contributed by atoms with Crippen molar-refractivity contribution in [2.45, 2.75) is 19.9 Å². The average molecular weight is 483 g/mol. The zero-order chi connectivity index (χ0) is 23.2. The number of thiazole rings is 1. The van der Waals surface area contributed by atoms with Crippen molar-refractivity contribution in [2.24, 2.45) is 0 Å². The van der Waals surface area contributed by atoms with E-state index < -0.39 is 0 Å². The van der Waals surface area contributed by atoms with Crippen molar-refractivity contribution in [1.82, 2.24) is 20.3 Å². The standard InChI is InChI=1S/C23H19ClN4O4S/c1-14(28-15(2)29)16-3-5-17(6-4-16)31-22-13-27-23(33-22)32-20-8-7-18(11-19(20)24)30-21-12-25-9-10-26-21/h3-14H,1-2H3,(H,28,29). The van der Waals surface area contributed by atoms with Crippen LogP contribution >= 0.6 is 22.9 Å². The lowest BCUT2D eigenvalue weighted by atomic mass is 10.1. The summed E-state index contributed by atoms with van der Waals surface area (Å²) in [6.45, 7) is 3.41. The molecule has 0 aliphatic heterocycles. The summed E-state index contributed by atoms with van der Waals surface area (Å²) >= 11 is 7.57. The van der Waals surface area contributed by atoms with Gasteiger partial charge in [0.25, 0.3) is 5.19 Å². The number of benzene rings is 2. The van der Waals surface area contributed by atoms with E-state index in [9.17, 15) is 4.79 Å². The van der Waals surface area contributed by atoms with Crippen LogP contribution in [-0.4, -0.2) is 20.9 Å². The number of hydrogen-bond donors (Lipinski definition) is 1. The summed E-state index contributed by atoms with van der Waals surface area (Å²) in [7, 11) is 0. The highest BCUT2D eigenvalue weighted by Crippen LogP contribution is 2.38. The maximum Gasteiger partial charge on any atom is 0.282 e. The molecule has 168 valence electrons. The molecule has 0 radical (unpaired) electrons. The van der Waals surface area contributed by atoms with E-state index in [0.717, 1.165) is 5.56 Å². The molecule has 0 fully saturated rings. The lowest BCUT2D eigenvalue weighted by molar-refractivity contribution is -0.119. The van der Waals surface area contributed by atoms with Crippen molar-refractivity contribution >= 4 is 28.8 Å². The smallest absolute Gasteiger partial charge is 0.282 e. The third kappa shape index (κ3) is 6.18. The molecule has 0 aliphatic carbocycles. The number of carbonyl (C=O) groups excluding carboxylic acids is 1. The van der Waals surface area contributed by atoms with E-state index in [1.807, 2.05) is 31.2 Å². The molecule has 2 aromatic heterocycles. The number of aromatic nitrogens is 3. The van der Waals surface area contributed by atoms with Crippen molar-refractivity contribution in [2.75, 3.05) is 0 Å². The number of halogens is 1. The molecule has 2 aromatic carbocycles. The SMILES string of the molecule is CC(=O)NC(C)c1ccc(Oc2cnc(Oc3ccc(Oc4cnccn4)cc3Cl)s2)cc1. The molecule has 33 heavy (non-hydrogen) atoms. The minimum atomic E-state index is -0.0814. The van der Waals surface area contributed by atoms with Gasteiger partial charge in [-0.2, -0.15) is 0 Å². The summed E-state index contributed by atoms with van der Waals surface area (Å²) < 4.78 is 17.3. The fourth-order valence-electron chi connectivity index (χ4n) is 2.85. The molecule has 1 N–H and O–H groups in total. The van der Waals surface area contributed by atoms with E-state index in [0.29, 0.717) is 38.4 Å². The minimum absolute atomic E-state index is 0.0761. The molecular weight excluding hydrogens is 464 g/mol. The predicted molar refractivity (Wildman–Crippen MR) is 124 cm³/mol. The second-order valence-corrected chi connectivity index (χ2v) is 8.24. The Labute approximate surface area is 199 Å². The highest BCUT2D eigenvalue weighted by Gasteiger charge is 2.12. The van der Waals surface area contributed by atoms with E-state index in [4.69, 9.17) is 25.8 Å². The largest absolute Gasteiger partial charge is 0.445 e. The van der Waals surface area contributed by atoms with E-state index in [1.165, 1.54) is 30.7 Å². The topological polar surface area (TPSA) is 95.5 Å². The predicted octanol–water partition coefficient (Wildman–Crippen LogP) is 6.16. The Bertz CT molecular complexity index is 1230. The molecular formula is C23H19ClN4O4S. The number of nitrogens with one attached hydrogen (secondary N) is 1. The molecule has 2 heterocycles. The Morgan fingerprint density at radius 3 is 2.48 bits per heavy atom. The van der Waals surface area contributed by atoms with Crippen molar-refractivity contribution in [3.05, 3.63) is 77.8 Å². The van der Waals surface area contributed by atoms with Gasteiger partial charge in [-0.05, 0) is 48.1 Å². The van der Waals surface area contributed by atoms with Crippen LogP contribution in [0.25, 0.3) is 0 Å². The zero-order valence-electron chi connectivity index (χ0n) is 17.7. The Kier molecular flexibility index (Phi) is 7.01. The molecule has 4 aromatic rings. The molecule has 0 saturated heterocycles. The first kappa shape index (κ1) is 22.5. The number of ether oxygens (including phenoxy) is 3. The summed E-state index contributed by atoms with van der Waals surface area (Å²) in [5.74, 6) is 1.87. The Balaban J connectivity index is 1.37. The molecule has 0 aliphatic rings. The van der Waals surface area contributed by atoms with Gasteiger partial charge in [-0.25, -0.2) is 9.97 Å². The van der Waals surface area contributed by atoms with Gasteiger partial charge in [-0.3, -0.25) is 9.78 Å².